The molecule has 4 fully saturated rings. The van der Waals surface area contributed by atoms with Gasteiger partial charge in [0, 0.05) is 5.54 Å². The maximum absolute atomic E-state index is 6.49. The first-order valence-corrected chi connectivity index (χ1v) is 11.3. The van der Waals surface area contributed by atoms with Gasteiger partial charge in [0.1, 0.15) is 0 Å². The van der Waals surface area contributed by atoms with E-state index in [1.165, 1.54) is 24.4 Å². The lowest BCUT2D eigenvalue weighted by molar-refractivity contribution is 0.182. The van der Waals surface area contributed by atoms with Gasteiger partial charge >= 0.3 is 8.56 Å². The van der Waals surface area contributed by atoms with Gasteiger partial charge < -0.3 is 8.85 Å². The van der Waals surface area contributed by atoms with Crippen LogP contribution < -0.4 is 5.19 Å². The molecule has 3 saturated carbocycles. The topological polar surface area (TPSA) is 18.5 Å². The van der Waals surface area contributed by atoms with Crippen molar-refractivity contribution < 1.29 is 8.85 Å². The summed E-state index contributed by atoms with van der Waals surface area (Å²) in [6.45, 7) is 1.60. The van der Waals surface area contributed by atoms with Crippen LogP contribution in [0.3, 0.4) is 0 Å². The summed E-state index contributed by atoms with van der Waals surface area (Å²) in [5, 5.41) is 1.38. The summed E-state index contributed by atoms with van der Waals surface area (Å²) in [5.74, 6) is 5.50. The third kappa shape index (κ3) is 1.61. The molecule has 0 amide bonds. The van der Waals surface area contributed by atoms with Gasteiger partial charge in [-0.15, -0.1) is 0 Å². The lowest BCUT2D eigenvalue weighted by Crippen LogP contribution is -2.56. The van der Waals surface area contributed by atoms with Gasteiger partial charge in [0.25, 0.3) is 0 Å². The van der Waals surface area contributed by atoms with Gasteiger partial charge in [0.05, 0.1) is 13.2 Å². The monoisotopic (exact) mass is 324 g/mol. The standard InChI is InChI=1S/C20H24O2Si/c1-2-4-16(5-3-1)23(21-8-9-22-23)18-12-15-11-17(18)20-14-7-6-13(10-14)19(15)20/h1-7,13-15,17-20H,8-12H2. The molecule has 6 rings (SSSR count). The predicted octanol–water partition coefficient (Wildman–Crippen LogP) is 3.23. The predicted molar refractivity (Wildman–Crippen MR) is 91.4 cm³/mol. The van der Waals surface area contributed by atoms with E-state index in [1.807, 2.05) is 0 Å². The van der Waals surface area contributed by atoms with E-state index in [0.29, 0.717) is 5.54 Å². The lowest BCUT2D eigenvalue weighted by atomic mass is 9.73. The number of fused-ring (bicyclic) bond motifs is 9. The molecule has 1 aromatic rings. The van der Waals surface area contributed by atoms with Crippen molar-refractivity contribution in [2.75, 3.05) is 13.2 Å². The maximum Gasteiger partial charge on any atom is 0.376 e. The van der Waals surface area contributed by atoms with Crippen LogP contribution in [0.15, 0.2) is 42.5 Å². The minimum Gasteiger partial charge on any atom is -0.388 e. The number of benzene rings is 1. The Labute approximate surface area is 139 Å². The zero-order valence-corrected chi connectivity index (χ0v) is 14.4. The lowest BCUT2D eigenvalue weighted by Gasteiger charge is -2.42. The summed E-state index contributed by atoms with van der Waals surface area (Å²) in [7, 11) is -2.24. The molecule has 4 aliphatic carbocycles. The molecule has 23 heavy (non-hydrogen) atoms. The highest BCUT2D eigenvalue weighted by atomic mass is 28.4. The van der Waals surface area contributed by atoms with Crippen molar-refractivity contribution in [3.05, 3.63) is 42.5 Å². The van der Waals surface area contributed by atoms with Crippen LogP contribution >= 0.6 is 0 Å². The number of hydrogen-bond acceptors (Lipinski definition) is 2. The Kier molecular flexibility index (Phi) is 2.67. The number of allylic oxidation sites excluding steroid dienone is 2. The van der Waals surface area contributed by atoms with E-state index in [0.717, 1.165) is 48.7 Å². The average Bonchev–Trinajstić information content (AvgIpc) is 3.40. The number of hydrogen-bond donors (Lipinski definition) is 0. The van der Waals surface area contributed by atoms with Crippen molar-refractivity contribution in [3.63, 3.8) is 0 Å². The molecule has 3 heteroatoms. The molecule has 120 valence electrons. The number of rotatable bonds is 2. The van der Waals surface area contributed by atoms with E-state index in [1.54, 1.807) is 0 Å². The van der Waals surface area contributed by atoms with E-state index in [9.17, 15) is 0 Å². The highest BCUT2D eigenvalue weighted by molar-refractivity contribution is 6.82. The normalized spacial score (nSPS) is 48.3. The van der Waals surface area contributed by atoms with Crippen LogP contribution in [0, 0.1) is 35.5 Å². The fourth-order valence-electron chi connectivity index (χ4n) is 7.15. The van der Waals surface area contributed by atoms with Crippen LogP contribution in [0.4, 0.5) is 0 Å². The molecule has 4 bridgehead atoms. The Morgan fingerprint density at radius 2 is 1.57 bits per heavy atom. The van der Waals surface area contributed by atoms with Gasteiger partial charge in [-0.3, -0.25) is 0 Å². The van der Waals surface area contributed by atoms with Gasteiger partial charge in [-0.1, -0.05) is 42.5 Å². The van der Waals surface area contributed by atoms with Gasteiger partial charge in [-0.2, -0.15) is 0 Å². The third-order valence-electron chi connectivity index (χ3n) is 7.65. The molecule has 7 atom stereocenters. The molecular formula is C20H24O2Si. The minimum atomic E-state index is -2.24. The van der Waals surface area contributed by atoms with Gasteiger partial charge in [0.2, 0.25) is 0 Å². The second-order valence-corrected chi connectivity index (χ2v) is 11.6. The average molecular weight is 324 g/mol. The van der Waals surface area contributed by atoms with Crippen molar-refractivity contribution >= 4 is 13.7 Å². The molecule has 0 radical (unpaired) electrons. The highest BCUT2D eigenvalue weighted by Crippen LogP contribution is 2.70. The Bertz CT molecular complexity index is 651. The molecule has 0 spiro atoms. The first kappa shape index (κ1) is 13.4. The van der Waals surface area contributed by atoms with Crippen molar-refractivity contribution in [1.82, 2.24) is 0 Å². The maximum atomic E-state index is 6.49. The summed E-state index contributed by atoms with van der Waals surface area (Å²) in [6, 6.07) is 11.0. The van der Waals surface area contributed by atoms with Crippen LogP contribution in [0.5, 0.6) is 0 Å². The molecule has 1 aromatic carbocycles. The Morgan fingerprint density at radius 3 is 2.35 bits per heavy atom. The van der Waals surface area contributed by atoms with Crippen LogP contribution in [0.25, 0.3) is 0 Å². The second kappa shape index (κ2) is 4.59. The van der Waals surface area contributed by atoms with E-state index in [2.05, 4.69) is 42.5 Å². The Hall–Kier alpha value is -0.903. The zero-order chi connectivity index (χ0) is 15.0. The fraction of sp³-hybridized carbons (Fsp3) is 0.600. The van der Waals surface area contributed by atoms with E-state index in [4.69, 9.17) is 8.85 Å². The minimum absolute atomic E-state index is 0.686. The van der Waals surface area contributed by atoms with E-state index >= 15 is 0 Å². The van der Waals surface area contributed by atoms with Crippen LogP contribution in [0.2, 0.25) is 5.54 Å². The largest absolute Gasteiger partial charge is 0.388 e. The summed E-state index contributed by atoms with van der Waals surface area (Å²) in [4.78, 5) is 0. The van der Waals surface area contributed by atoms with Crippen molar-refractivity contribution in [1.29, 1.82) is 0 Å². The van der Waals surface area contributed by atoms with E-state index < -0.39 is 8.56 Å². The first-order chi connectivity index (χ1) is 11.4. The SMILES string of the molecule is C1=CC2CC1C1C3CC(C21)C([Si]1(c2ccccc2)OCCO1)C3. The smallest absolute Gasteiger partial charge is 0.376 e. The van der Waals surface area contributed by atoms with Crippen LogP contribution in [-0.4, -0.2) is 21.8 Å². The summed E-state index contributed by atoms with van der Waals surface area (Å²) in [6.07, 6.45) is 9.33. The molecule has 7 unspecified atom stereocenters. The molecule has 0 aromatic heterocycles. The van der Waals surface area contributed by atoms with Crippen LogP contribution in [-0.2, 0) is 8.85 Å². The summed E-state index contributed by atoms with van der Waals surface area (Å²) >= 11 is 0. The van der Waals surface area contributed by atoms with E-state index in [-0.39, 0.29) is 0 Å². The zero-order valence-electron chi connectivity index (χ0n) is 13.4. The second-order valence-electron chi connectivity index (χ2n) is 8.34. The van der Waals surface area contributed by atoms with Crippen molar-refractivity contribution in [2.24, 2.45) is 35.5 Å². The quantitative estimate of drug-likeness (QED) is 0.472. The molecule has 1 saturated heterocycles. The molecule has 2 nitrogen and oxygen atoms in total. The molecular weight excluding hydrogens is 300 g/mol. The fourth-order valence-corrected chi connectivity index (χ4v) is 11.4. The van der Waals surface area contributed by atoms with Gasteiger partial charge in [0.15, 0.2) is 0 Å². The summed E-state index contributed by atoms with van der Waals surface area (Å²) in [5.41, 5.74) is 0.686. The molecule has 5 aliphatic rings. The highest BCUT2D eigenvalue weighted by Gasteiger charge is 2.67. The van der Waals surface area contributed by atoms with Crippen LogP contribution in [0.1, 0.15) is 19.3 Å². The third-order valence-corrected chi connectivity index (χ3v) is 11.7. The molecule has 0 N–H and O–H groups in total. The summed E-state index contributed by atoms with van der Waals surface area (Å²) < 4.78 is 13.0. The molecule has 1 heterocycles. The van der Waals surface area contributed by atoms with Crippen molar-refractivity contribution in [2.45, 2.75) is 24.8 Å². The van der Waals surface area contributed by atoms with Crippen molar-refractivity contribution in [3.8, 4) is 0 Å². The van der Waals surface area contributed by atoms with Gasteiger partial charge in [-0.25, -0.2) is 0 Å². The Morgan fingerprint density at radius 1 is 0.826 bits per heavy atom. The molecule has 1 aliphatic heterocycles. The van der Waals surface area contributed by atoms with Gasteiger partial charge in [-0.05, 0) is 60.0 Å². The Balaban J connectivity index is 1.41. The first-order valence-electron chi connectivity index (χ1n) is 9.38.